The zero-order valence-electron chi connectivity index (χ0n) is 6.57. The summed E-state index contributed by atoms with van der Waals surface area (Å²) in [5, 5.41) is 8.55. The zero-order valence-corrected chi connectivity index (χ0v) is 7.38. The molecule has 0 bridgehead atoms. The smallest absolute Gasteiger partial charge is 0.194 e. The Morgan fingerprint density at radius 3 is 2.54 bits per heavy atom. The van der Waals surface area contributed by atoms with Crippen molar-refractivity contribution in [1.82, 2.24) is 0 Å². The summed E-state index contributed by atoms with van der Waals surface area (Å²) >= 11 is 0. The summed E-state index contributed by atoms with van der Waals surface area (Å²) in [7, 11) is -4.56. The molecule has 0 aliphatic carbocycles. The van der Waals surface area contributed by atoms with Crippen molar-refractivity contribution in [3.05, 3.63) is 35.4 Å². The molecule has 0 spiro atoms. The molecule has 0 atom stereocenters. The fourth-order valence-corrected chi connectivity index (χ4v) is 1.56. The van der Waals surface area contributed by atoms with Crippen molar-refractivity contribution < 1.29 is 12.3 Å². The minimum Gasteiger partial charge on any atom is -0.194 e. The van der Waals surface area contributed by atoms with Crippen LogP contribution in [0.5, 0.6) is 0 Å². The van der Waals surface area contributed by atoms with Crippen LogP contribution in [0.25, 0.3) is 0 Å². The summed E-state index contributed by atoms with van der Waals surface area (Å²) in [6.07, 6.45) is 0. The van der Waals surface area contributed by atoms with Crippen molar-refractivity contribution in [1.29, 1.82) is 5.26 Å². The van der Waals surface area contributed by atoms with E-state index in [1.807, 2.05) is 0 Å². The van der Waals surface area contributed by atoms with Gasteiger partial charge in [0.05, 0.1) is 11.6 Å². The number of nitrogens with zero attached hydrogens (tertiary/aromatic N) is 1. The van der Waals surface area contributed by atoms with Gasteiger partial charge in [0.15, 0.2) is 0 Å². The Kier molecular flexibility index (Phi) is 2.63. The molecular formula is C8H6FNO2S. The minimum absolute atomic E-state index is 0.184. The highest BCUT2D eigenvalue weighted by Gasteiger charge is 2.11. The first kappa shape index (κ1) is 9.68. The SMILES string of the molecule is N#Cc1ccccc1CS(=O)(=O)F. The van der Waals surface area contributed by atoms with Gasteiger partial charge >= 0.3 is 10.2 Å². The van der Waals surface area contributed by atoms with Crippen molar-refractivity contribution >= 4 is 10.2 Å². The van der Waals surface area contributed by atoms with Crippen LogP contribution in [0.1, 0.15) is 11.1 Å². The van der Waals surface area contributed by atoms with E-state index in [9.17, 15) is 12.3 Å². The van der Waals surface area contributed by atoms with Gasteiger partial charge in [0, 0.05) is 0 Å². The summed E-state index contributed by atoms with van der Waals surface area (Å²) in [5.41, 5.74) is 0.372. The molecule has 1 rings (SSSR count). The van der Waals surface area contributed by atoms with Crippen LogP contribution in [0.15, 0.2) is 24.3 Å². The molecule has 0 fully saturated rings. The Bertz CT molecular complexity index is 447. The Labute approximate surface area is 75.6 Å². The molecule has 0 saturated heterocycles. The van der Waals surface area contributed by atoms with Gasteiger partial charge in [0.1, 0.15) is 5.75 Å². The van der Waals surface area contributed by atoms with E-state index >= 15 is 0 Å². The summed E-state index contributed by atoms with van der Waals surface area (Å²) in [5.74, 6) is -0.739. The molecule has 0 aromatic heterocycles. The molecule has 0 N–H and O–H groups in total. The monoisotopic (exact) mass is 199 g/mol. The molecule has 1 aromatic carbocycles. The number of nitriles is 1. The largest absolute Gasteiger partial charge is 0.306 e. The molecule has 3 nitrogen and oxygen atoms in total. The Hall–Kier alpha value is -1.41. The third-order valence-corrected chi connectivity index (χ3v) is 2.12. The van der Waals surface area contributed by atoms with E-state index in [-0.39, 0.29) is 11.1 Å². The third-order valence-electron chi connectivity index (χ3n) is 1.47. The minimum atomic E-state index is -4.56. The second-order valence-corrected chi connectivity index (χ2v) is 3.82. The van der Waals surface area contributed by atoms with E-state index in [1.54, 1.807) is 18.2 Å². The lowest BCUT2D eigenvalue weighted by Gasteiger charge is -1.98. The summed E-state index contributed by atoms with van der Waals surface area (Å²) in [6, 6.07) is 7.79. The van der Waals surface area contributed by atoms with Crippen LogP contribution >= 0.6 is 0 Å². The van der Waals surface area contributed by atoms with E-state index in [1.165, 1.54) is 12.1 Å². The van der Waals surface area contributed by atoms with Gasteiger partial charge in [-0.2, -0.15) is 13.7 Å². The molecule has 0 aliphatic heterocycles. The number of halogens is 1. The van der Waals surface area contributed by atoms with E-state index < -0.39 is 16.0 Å². The molecule has 13 heavy (non-hydrogen) atoms. The van der Waals surface area contributed by atoms with Gasteiger partial charge < -0.3 is 0 Å². The predicted octanol–water partition coefficient (Wildman–Crippen LogP) is 1.36. The third kappa shape index (κ3) is 2.84. The summed E-state index contributed by atoms with van der Waals surface area (Å²) in [6.45, 7) is 0. The standard InChI is InChI=1S/C8H6FNO2S/c9-13(11,12)6-8-4-2-1-3-7(8)5-10/h1-4H,6H2. The first-order valence-electron chi connectivity index (χ1n) is 3.43. The van der Waals surface area contributed by atoms with Gasteiger partial charge in [-0.1, -0.05) is 18.2 Å². The molecule has 68 valence electrons. The number of hydrogen-bond donors (Lipinski definition) is 0. The fourth-order valence-electron chi connectivity index (χ4n) is 0.941. The van der Waals surface area contributed by atoms with Crippen LogP contribution in [0.3, 0.4) is 0 Å². The van der Waals surface area contributed by atoms with Crippen LogP contribution in [0.2, 0.25) is 0 Å². The second-order valence-electron chi connectivity index (χ2n) is 2.45. The first-order chi connectivity index (χ1) is 6.03. The summed E-state index contributed by atoms with van der Waals surface area (Å²) in [4.78, 5) is 0. The highest BCUT2D eigenvalue weighted by molar-refractivity contribution is 7.85. The predicted molar refractivity (Wildman–Crippen MR) is 44.9 cm³/mol. The van der Waals surface area contributed by atoms with Crippen LogP contribution < -0.4 is 0 Å². The van der Waals surface area contributed by atoms with E-state index in [2.05, 4.69) is 0 Å². The summed E-state index contributed by atoms with van der Waals surface area (Å²) < 4.78 is 32.8. The van der Waals surface area contributed by atoms with Crippen LogP contribution in [0, 0.1) is 11.3 Å². The molecule has 0 unspecified atom stereocenters. The molecule has 0 aliphatic rings. The maximum atomic E-state index is 12.3. The van der Waals surface area contributed by atoms with Gasteiger partial charge in [-0.25, -0.2) is 0 Å². The van der Waals surface area contributed by atoms with Crippen molar-refractivity contribution in [2.24, 2.45) is 0 Å². The molecule has 0 amide bonds. The van der Waals surface area contributed by atoms with Gasteiger partial charge in [-0.3, -0.25) is 0 Å². The lowest BCUT2D eigenvalue weighted by Crippen LogP contribution is -1.98. The lowest BCUT2D eigenvalue weighted by molar-refractivity contribution is 0.551. The second kappa shape index (κ2) is 3.54. The fraction of sp³-hybridized carbons (Fsp3) is 0.125. The molecular weight excluding hydrogens is 193 g/mol. The van der Waals surface area contributed by atoms with Gasteiger partial charge in [0.25, 0.3) is 0 Å². The Balaban J connectivity index is 3.10. The van der Waals surface area contributed by atoms with Crippen molar-refractivity contribution in [3.8, 4) is 6.07 Å². The first-order valence-corrected chi connectivity index (χ1v) is 4.98. The average molecular weight is 199 g/mol. The highest BCUT2D eigenvalue weighted by Crippen LogP contribution is 2.12. The number of rotatable bonds is 2. The quantitative estimate of drug-likeness (QED) is 0.675. The van der Waals surface area contributed by atoms with E-state index in [0.29, 0.717) is 0 Å². The van der Waals surface area contributed by atoms with Crippen molar-refractivity contribution in [3.63, 3.8) is 0 Å². The number of benzene rings is 1. The van der Waals surface area contributed by atoms with Crippen LogP contribution in [-0.2, 0) is 16.0 Å². The molecule has 5 heteroatoms. The molecule has 0 saturated carbocycles. The topological polar surface area (TPSA) is 57.9 Å². The maximum absolute atomic E-state index is 12.3. The lowest BCUT2D eigenvalue weighted by atomic mass is 10.1. The van der Waals surface area contributed by atoms with E-state index in [0.717, 1.165) is 0 Å². The Morgan fingerprint density at radius 1 is 1.38 bits per heavy atom. The van der Waals surface area contributed by atoms with Gasteiger partial charge in [-0.05, 0) is 11.6 Å². The van der Waals surface area contributed by atoms with Crippen molar-refractivity contribution in [2.75, 3.05) is 0 Å². The van der Waals surface area contributed by atoms with Gasteiger partial charge in [-0.15, -0.1) is 3.89 Å². The normalized spacial score (nSPS) is 10.8. The zero-order chi connectivity index (χ0) is 9.90. The van der Waals surface area contributed by atoms with Crippen molar-refractivity contribution in [2.45, 2.75) is 5.75 Å². The highest BCUT2D eigenvalue weighted by atomic mass is 32.3. The van der Waals surface area contributed by atoms with Gasteiger partial charge in [0.2, 0.25) is 0 Å². The maximum Gasteiger partial charge on any atom is 0.306 e. The molecule has 0 radical (unpaired) electrons. The van der Waals surface area contributed by atoms with E-state index in [4.69, 9.17) is 5.26 Å². The number of hydrogen-bond acceptors (Lipinski definition) is 3. The molecule has 1 aromatic rings. The van der Waals surface area contributed by atoms with Crippen LogP contribution in [0.4, 0.5) is 3.89 Å². The Morgan fingerprint density at radius 2 is 2.00 bits per heavy atom. The molecule has 0 heterocycles. The average Bonchev–Trinajstić information content (AvgIpc) is 2.02. The van der Waals surface area contributed by atoms with Crippen LogP contribution in [-0.4, -0.2) is 8.42 Å².